The molecule has 0 heterocycles. The maximum Gasteiger partial charge on any atom is 0.339 e. The third-order valence-electron chi connectivity index (χ3n) is 2.86. The van der Waals surface area contributed by atoms with E-state index in [4.69, 9.17) is 4.74 Å². The van der Waals surface area contributed by atoms with E-state index in [1.54, 1.807) is 6.07 Å². The average Bonchev–Trinajstić information content (AvgIpc) is 2.40. The van der Waals surface area contributed by atoms with Gasteiger partial charge >= 0.3 is 5.97 Å². The van der Waals surface area contributed by atoms with Gasteiger partial charge in [0.1, 0.15) is 11.3 Å². The van der Waals surface area contributed by atoms with Crippen LogP contribution in [0.1, 0.15) is 50.9 Å². The van der Waals surface area contributed by atoms with E-state index in [1.165, 1.54) is 13.0 Å². The Balaban J connectivity index is 3.23. The monoisotopic (exact) mass is 308 g/mol. The molecule has 0 saturated heterocycles. The number of rotatable bonds is 8. The van der Waals surface area contributed by atoms with Gasteiger partial charge in [0.25, 0.3) is 0 Å². The lowest BCUT2D eigenvalue weighted by molar-refractivity contribution is -0.114. The van der Waals surface area contributed by atoms with Crippen molar-refractivity contribution in [3.05, 3.63) is 17.7 Å². The number of nitrogens with one attached hydrogen (secondary N) is 2. The number of unbranched alkanes of at least 4 members (excludes halogenated alkanes) is 1. The Morgan fingerprint density at radius 3 is 2.45 bits per heavy atom. The molecule has 22 heavy (non-hydrogen) atoms. The second-order valence-electron chi connectivity index (χ2n) is 5.38. The average molecular weight is 308 g/mol. The van der Waals surface area contributed by atoms with E-state index in [-0.39, 0.29) is 23.3 Å². The summed E-state index contributed by atoms with van der Waals surface area (Å²) in [4.78, 5) is 22.8. The lowest BCUT2D eigenvalue weighted by Gasteiger charge is -2.18. The summed E-state index contributed by atoms with van der Waals surface area (Å²) in [7, 11) is 0. The van der Waals surface area contributed by atoms with Crippen LogP contribution in [0.4, 0.5) is 11.4 Å². The van der Waals surface area contributed by atoms with Gasteiger partial charge in [0.2, 0.25) is 5.91 Å². The number of amides is 1. The number of carboxylic acids is 1. The molecular weight excluding hydrogens is 284 g/mol. The van der Waals surface area contributed by atoms with Crippen molar-refractivity contribution in [1.82, 2.24) is 0 Å². The van der Waals surface area contributed by atoms with E-state index >= 15 is 0 Å². The van der Waals surface area contributed by atoms with Crippen molar-refractivity contribution in [1.29, 1.82) is 0 Å². The van der Waals surface area contributed by atoms with Crippen LogP contribution in [-0.2, 0) is 4.79 Å². The summed E-state index contributed by atoms with van der Waals surface area (Å²) in [6.45, 7) is 7.74. The minimum atomic E-state index is -1.06. The van der Waals surface area contributed by atoms with Crippen molar-refractivity contribution in [2.45, 2.75) is 46.6 Å². The summed E-state index contributed by atoms with van der Waals surface area (Å²) in [5.41, 5.74) is 1.15. The van der Waals surface area contributed by atoms with Crippen LogP contribution in [0.25, 0.3) is 0 Å². The van der Waals surface area contributed by atoms with Crippen LogP contribution in [-0.4, -0.2) is 29.6 Å². The fraction of sp³-hybridized carbons (Fsp3) is 0.500. The predicted octanol–water partition coefficient (Wildman–Crippen LogP) is 3.34. The zero-order valence-electron chi connectivity index (χ0n) is 13.5. The Kier molecular flexibility index (Phi) is 6.69. The van der Waals surface area contributed by atoms with Gasteiger partial charge in [-0.05, 0) is 26.3 Å². The summed E-state index contributed by atoms with van der Waals surface area (Å²) in [5, 5.41) is 15.2. The van der Waals surface area contributed by atoms with Crippen LogP contribution in [0.3, 0.4) is 0 Å². The molecule has 0 aliphatic rings. The minimum absolute atomic E-state index is 0.0772. The van der Waals surface area contributed by atoms with Crippen LogP contribution >= 0.6 is 0 Å². The first-order valence-electron chi connectivity index (χ1n) is 7.43. The highest BCUT2D eigenvalue weighted by Gasteiger charge is 2.17. The zero-order chi connectivity index (χ0) is 16.7. The molecule has 6 heteroatoms. The Morgan fingerprint density at radius 1 is 1.27 bits per heavy atom. The largest absolute Gasteiger partial charge is 0.493 e. The molecule has 1 rings (SSSR count). The number of carbonyl (C=O) groups is 2. The van der Waals surface area contributed by atoms with Crippen molar-refractivity contribution in [2.75, 3.05) is 17.2 Å². The van der Waals surface area contributed by atoms with Crippen molar-refractivity contribution >= 4 is 23.3 Å². The highest BCUT2D eigenvalue weighted by Crippen LogP contribution is 2.32. The van der Waals surface area contributed by atoms with E-state index in [2.05, 4.69) is 10.6 Å². The molecule has 0 atom stereocenters. The Morgan fingerprint density at radius 2 is 1.95 bits per heavy atom. The second-order valence-corrected chi connectivity index (χ2v) is 5.38. The Hall–Kier alpha value is -2.24. The first-order chi connectivity index (χ1) is 10.3. The molecule has 0 bridgehead atoms. The number of carbonyl (C=O) groups excluding carboxylic acids is 1. The number of ether oxygens (including phenoxy) is 1. The number of carboxylic acid groups (broad SMARTS) is 1. The minimum Gasteiger partial charge on any atom is -0.493 e. The molecule has 122 valence electrons. The summed E-state index contributed by atoms with van der Waals surface area (Å²) >= 11 is 0. The Bertz CT molecular complexity index is 541. The van der Waals surface area contributed by atoms with Gasteiger partial charge < -0.3 is 20.5 Å². The van der Waals surface area contributed by atoms with Crippen LogP contribution in [0.15, 0.2) is 12.1 Å². The van der Waals surface area contributed by atoms with Gasteiger partial charge in [-0.15, -0.1) is 0 Å². The molecule has 0 aliphatic carbocycles. The van der Waals surface area contributed by atoms with E-state index in [0.29, 0.717) is 18.0 Å². The topological polar surface area (TPSA) is 87.7 Å². The van der Waals surface area contributed by atoms with Crippen molar-refractivity contribution in [3.63, 3.8) is 0 Å². The van der Waals surface area contributed by atoms with Gasteiger partial charge in [-0.1, -0.05) is 13.3 Å². The smallest absolute Gasteiger partial charge is 0.339 e. The Labute approximate surface area is 130 Å². The fourth-order valence-corrected chi connectivity index (χ4v) is 1.92. The van der Waals surface area contributed by atoms with Gasteiger partial charge in [-0.3, -0.25) is 4.79 Å². The molecule has 0 aliphatic heterocycles. The SMILES string of the molecule is CCCCOc1cc(NC(C)=O)c(NC(C)C)cc1C(=O)O. The number of benzene rings is 1. The highest BCUT2D eigenvalue weighted by molar-refractivity contribution is 5.98. The normalized spacial score (nSPS) is 10.4. The summed E-state index contributed by atoms with van der Waals surface area (Å²) in [5.74, 6) is -1.03. The van der Waals surface area contributed by atoms with Crippen molar-refractivity contribution in [3.8, 4) is 5.75 Å². The summed E-state index contributed by atoms with van der Waals surface area (Å²) in [6.07, 6.45) is 1.79. The molecule has 1 aromatic rings. The van der Waals surface area contributed by atoms with E-state index in [9.17, 15) is 14.7 Å². The van der Waals surface area contributed by atoms with Crippen LogP contribution < -0.4 is 15.4 Å². The number of anilines is 2. The first-order valence-corrected chi connectivity index (χ1v) is 7.43. The maximum atomic E-state index is 11.4. The molecule has 0 radical (unpaired) electrons. The van der Waals surface area contributed by atoms with Crippen molar-refractivity contribution < 1.29 is 19.4 Å². The van der Waals surface area contributed by atoms with Gasteiger partial charge in [0.05, 0.1) is 18.0 Å². The van der Waals surface area contributed by atoms with Crippen LogP contribution in [0.2, 0.25) is 0 Å². The molecule has 0 saturated carbocycles. The maximum absolute atomic E-state index is 11.4. The van der Waals surface area contributed by atoms with Crippen LogP contribution in [0.5, 0.6) is 5.75 Å². The fourth-order valence-electron chi connectivity index (χ4n) is 1.92. The summed E-state index contributed by atoms with van der Waals surface area (Å²) < 4.78 is 5.56. The molecule has 3 N–H and O–H groups in total. The zero-order valence-corrected chi connectivity index (χ0v) is 13.5. The molecule has 0 aromatic heterocycles. The highest BCUT2D eigenvalue weighted by atomic mass is 16.5. The van der Waals surface area contributed by atoms with Gasteiger partial charge in [-0.2, -0.15) is 0 Å². The van der Waals surface area contributed by atoms with Gasteiger partial charge in [-0.25, -0.2) is 4.79 Å². The first kappa shape index (κ1) is 17.8. The van der Waals surface area contributed by atoms with E-state index in [0.717, 1.165) is 12.8 Å². The number of aromatic carboxylic acids is 1. The molecule has 1 amide bonds. The molecule has 0 spiro atoms. The lowest BCUT2D eigenvalue weighted by atomic mass is 10.1. The molecule has 1 aromatic carbocycles. The molecule has 0 unspecified atom stereocenters. The predicted molar refractivity (Wildman–Crippen MR) is 86.9 cm³/mol. The molecule has 6 nitrogen and oxygen atoms in total. The van der Waals surface area contributed by atoms with E-state index in [1.807, 2.05) is 20.8 Å². The van der Waals surface area contributed by atoms with Crippen LogP contribution in [0, 0.1) is 0 Å². The quantitative estimate of drug-likeness (QED) is 0.641. The number of hydrogen-bond donors (Lipinski definition) is 3. The third kappa shape index (κ3) is 5.27. The number of hydrogen-bond acceptors (Lipinski definition) is 4. The standard InChI is InChI=1S/C16H24N2O4/c1-5-6-7-22-15-9-14(18-11(4)19)13(17-10(2)3)8-12(15)16(20)21/h8-10,17H,5-7H2,1-4H3,(H,18,19)(H,20,21). The third-order valence-corrected chi connectivity index (χ3v) is 2.86. The van der Waals surface area contributed by atoms with Gasteiger partial charge in [0.15, 0.2) is 0 Å². The molecule has 0 fully saturated rings. The van der Waals surface area contributed by atoms with Crippen molar-refractivity contribution in [2.24, 2.45) is 0 Å². The second kappa shape index (κ2) is 8.26. The van der Waals surface area contributed by atoms with Gasteiger partial charge in [0, 0.05) is 19.0 Å². The summed E-state index contributed by atoms with van der Waals surface area (Å²) in [6, 6.07) is 3.15. The lowest BCUT2D eigenvalue weighted by Crippen LogP contribution is -2.16. The molecular formula is C16H24N2O4. The van der Waals surface area contributed by atoms with E-state index < -0.39 is 5.97 Å².